The molecule has 0 spiro atoms. The summed E-state index contributed by atoms with van der Waals surface area (Å²) in [6.07, 6.45) is 91.1. The fourth-order valence-corrected chi connectivity index (χ4v) is 7.75. The molecular formula is C70H110O6. The van der Waals surface area contributed by atoms with Gasteiger partial charge in [-0.25, -0.2) is 0 Å². The van der Waals surface area contributed by atoms with E-state index in [2.05, 4.69) is 179 Å². The number of unbranched alkanes of at least 4 members (excludes halogenated alkanes) is 16. The van der Waals surface area contributed by atoms with E-state index >= 15 is 0 Å². The van der Waals surface area contributed by atoms with Crippen LogP contribution < -0.4 is 0 Å². The Labute approximate surface area is 467 Å². The normalized spacial score (nSPS) is 13.2. The standard InChI is InChI=1S/C70H110O6/c1-4-7-10-13-16-19-22-25-27-29-30-31-32-33-34-35-36-37-38-39-40-42-43-45-48-51-54-57-60-63-69(72)75-66-67(65-74-68(71)62-59-56-53-50-47-24-21-18-15-12-9-6-3)76-70(73)64-61-58-55-52-49-46-44-41-28-26-23-20-17-14-11-8-5-2/h7-8,10-11,16-21,25-28,30-31,33-34,36-37,39-40,44,46,52,55,67H,4-6,9,12-15,22-24,29,32,35,38,41-43,45,47-51,53-54,56-66H2,1-3H3/b10-7-,11-8-,19-16-,20-17-,21-18-,27-25-,28-26-,31-30-,34-33-,37-36-,40-39-,46-44-,55-52-. The lowest BCUT2D eigenvalue weighted by molar-refractivity contribution is -0.167. The fourth-order valence-electron chi connectivity index (χ4n) is 7.75. The van der Waals surface area contributed by atoms with Crippen LogP contribution in [0.3, 0.4) is 0 Å². The number of carbonyl (C=O) groups is 3. The third-order valence-corrected chi connectivity index (χ3v) is 12.2. The summed E-state index contributed by atoms with van der Waals surface area (Å²) >= 11 is 0. The van der Waals surface area contributed by atoms with E-state index in [9.17, 15) is 14.4 Å². The van der Waals surface area contributed by atoms with Gasteiger partial charge in [0, 0.05) is 19.3 Å². The van der Waals surface area contributed by atoms with Crippen LogP contribution in [0.1, 0.15) is 245 Å². The van der Waals surface area contributed by atoms with Crippen LogP contribution in [0.4, 0.5) is 0 Å². The van der Waals surface area contributed by atoms with Gasteiger partial charge in [-0.05, 0) is 141 Å². The van der Waals surface area contributed by atoms with E-state index in [4.69, 9.17) is 14.2 Å². The maximum atomic E-state index is 12.8. The number of hydrogen-bond acceptors (Lipinski definition) is 6. The SMILES string of the molecule is CC/C=C\C/C=C\C/C=C\C/C=C\C/C=C\C/C=C\C/C=C\CCCCCCCCCC(=O)OCC(COC(=O)CCCCCCC/C=C\CCCCC)OC(=O)CCC/C=C\C/C=C\C/C=C\C/C=C\C/C=C\CC. The second-order valence-corrected chi connectivity index (χ2v) is 19.5. The lowest BCUT2D eigenvalue weighted by Gasteiger charge is -2.18. The highest BCUT2D eigenvalue weighted by molar-refractivity contribution is 5.71. The first-order chi connectivity index (χ1) is 37.5. The number of rotatable bonds is 53. The molecule has 426 valence electrons. The van der Waals surface area contributed by atoms with Crippen molar-refractivity contribution < 1.29 is 28.6 Å². The molecule has 0 bridgehead atoms. The zero-order chi connectivity index (χ0) is 55.0. The van der Waals surface area contributed by atoms with Gasteiger partial charge in [0.2, 0.25) is 0 Å². The Morgan fingerprint density at radius 2 is 0.526 bits per heavy atom. The first-order valence-electron chi connectivity index (χ1n) is 30.5. The van der Waals surface area contributed by atoms with Crippen LogP contribution in [0.15, 0.2) is 158 Å². The summed E-state index contributed by atoms with van der Waals surface area (Å²) < 4.78 is 16.8. The minimum absolute atomic E-state index is 0.115. The molecule has 0 saturated carbocycles. The van der Waals surface area contributed by atoms with Gasteiger partial charge in [0.05, 0.1) is 0 Å². The van der Waals surface area contributed by atoms with Crippen molar-refractivity contribution in [2.75, 3.05) is 13.2 Å². The molecule has 1 atom stereocenters. The van der Waals surface area contributed by atoms with Gasteiger partial charge in [-0.3, -0.25) is 14.4 Å². The molecule has 6 heteroatoms. The summed E-state index contributed by atoms with van der Waals surface area (Å²) in [6, 6.07) is 0. The highest BCUT2D eigenvalue weighted by Gasteiger charge is 2.19. The average Bonchev–Trinajstić information content (AvgIpc) is 3.42. The fraction of sp³-hybridized carbons (Fsp3) is 0.586. The van der Waals surface area contributed by atoms with Gasteiger partial charge in [-0.15, -0.1) is 0 Å². The van der Waals surface area contributed by atoms with Gasteiger partial charge in [-0.1, -0.05) is 243 Å². The van der Waals surface area contributed by atoms with Crippen molar-refractivity contribution >= 4 is 17.9 Å². The molecule has 0 fully saturated rings. The number of carbonyl (C=O) groups excluding carboxylic acids is 3. The molecule has 0 heterocycles. The molecule has 0 rings (SSSR count). The molecule has 1 unspecified atom stereocenters. The van der Waals surface area contributed by atoms with E-state index in [1.807, 2.05) is 0 Å². The van der Waals surface area contributed by atoms with Crippen molar-refractivity contribution in [3.8, 4) is 0 Å². The van der Waals surface area contributed by atoms with Crippen LogP contribution in [0, 0.1) is 0 Å². The van der Waals surface area contributed by atoms with Crippen molar-refractivity contribution in [1.82, 2.24) is 0 Å². The summed E-state index contributed by atoms with van der Waals surface area (Å²) in [7, 11) is 0. The average molecular weight is 1050 g/mol. The van der Waals surface area contributed by atoms with Gasteiger partial charge < -0.3 is 14.2 Å². The van der Waals surface area contributed by atoms with Gasteiger partial charge in [0.25, 0.3) is 0 Å². The molecule has 0 radical (unpaired) electrons. The molecule has 0 aliphatic heterocycles. The van der Waals surface area contributed by atoms with Gasteiger partial charge in [-0.2, -0.15) is 0 Å². The largest absolute Gasteiger partial charge is 0.462 e. The van der Waals surface area contributed by atoms with E-state index in [1.54, 1.807) is 0 Å². The van der Waals surface area contributed by atoms with Crippen LogP contribution in [0.25, 0.3) is 0 Å². The summed E-state index contributed by atoms with van der Waals surface area (Å²) in [5, 5.41) is 0. The van der Waals surface area contributed by atoms with E-state index in [-0.39, 0.29) is 37.5 Å². The Balaban J connectivity index is 4.41. The predicted molar refractivity (Wildman–Crippen MR) is 329 cm³/mol. The Hall–Kier alpha value is -4.97. The first-order valence-corrected chi connectivity index (χ1v) is 30.5. The summed E-state index contributed by atoms with van der Waals surface area (Å²) in [4.78, 5) is 38.2. The lowest BCUT2D eigenvalue weighted by atomic mass is 10.1. The van der Waals surface area contributed by atoms with Crippen molar-refractivity contribution in [2.45, 2.75) is 252 Å². The summed E-state index contributed by atoms with van der Waals surface area (Å²) in [6.45, 7) is 6.31. The van der Waals surface area contributed by atoms with Crippen LogP contribution in [0.5, 0.6) is 0 Å². The summed E-state index contributed by atoms with van der Waals surface area (Å²) in [5.41, 5.74) is 0. The third kappa shape index (κ3) is 59.9. The molecule has 0 amide bonds. The Kier molecular flexibility index (Phi) is 58.5. The minimum Gasteiger partial charge on any atom is -0.462 e. The van der Waals surface area contributed by atoms with E-state index in [0.29, 0.717) is 19.3 Å². The first kappa shape index (κ1) is 71.0. The van der Waals surface area contributed by atoms with Crippen molar-refractivity contribution in [2.24, 2.45) is 0 Å². The molecule has 0 aromatic carbocycles. The van der Waals surface area contributed by atoms with Crippen molar-refractivity contribution in [3.05, 3.63) is 158 Å². The Bertz CT molecular complexity index is 1720. The van der Waals surface area contributed by atoms with E-state index in [1.165, 1.54) is 57.8 Å². The van der Waals surface area contributed by atoms with Crippen molar-refractivity contribution in [1.29, 1.82) is 0 Å². The monoisotopic (exact) mass is 1050 g/mol. The van der Waals surface area contributed by atoms with Crippen LogP contribution >= 0.6 is 0 Å². The molecule has 0 N–H and O–H groups in total. The lowest BCUT2D eigenvalue weighted by Crippen LogP contribution is -2.30. The van der Waals surface area contributed by atoms with Gasteiger partial charge in [0.1, 0.15) is 13.2 Å². The molecular weight excluding hydrogens is 937 g/mol. The Morgan fingerprint density at radius 3 is 0.855 bits per heavy atom. The van der Waals surface area contributed by atoms with Crippen LogP contribution in [-0.4, -0.2) is 37.2 Å². The highest BCUT2D eigenvalue weighted by atomic mass is 16.6. The second kappa shape index (κ2) is 62.6. The maximum Gasteiger partial charge on any atom is 0.306 e. The number of esters is 3. The van der Waals surface area contributed by atoms with E-state index in [0.717, 1.165) is 141 Å². The molecule has 0 aliphatic carbocycles. The Morgan fingerprint density at radius 1 is 0.276 bits per heavy atom. The van der Waals surface area contributed by atoms with Crippen molar-refractivity contribution in [3.63, 3.8) is 0 Å². The second-order valence-electron chi connectivity index (χ2n) is 19.5. The quantitative estimate of drug-likeness (QED) is 0.0261. The zero-order valence-corrected chi connectivity index (χ0v) is 48.7. The molecule has 0 saturated heterocycles. The highest BCUT2D eigenvalue weighted by Crippen LogP contribution is 2.13. The number of allylic oxidation sites excluding steroid dienone is 26. The van der Waals surface area contributed by atoms with Crippen LogP contribution in [-0.2, 0) is 28.6 Å². The topological polar surface area (TPSA) is 78.9 Å². The minimum atomic E-state index is -0.823. The number of ether oxygens (including phenoxy) is 3. The molecule has 0 aromatic rings. The smallest absolute Gasteiger partial charge is 0.306 e. The predicted octanol–water partition coefficient (Wildman–Crippen LogP) is 20.9. The molecule has 76 heavy (non-hydrogen) atoms. The van der Waals surface area contributed by atoms with Gasteiger partial charge in [0.15, 0.2) is 6.10 Å². The van der Waals surface area contributed by atoms with Crippen LogP contribution in [0.2, 0.25) is 0 Å². The van der Waals surface area contributed by atoms with E-state index < -0.39 is 6.10 Å². The maximum absolute atomic E-state index is 12.8. The molecule has 0 aliphatic rings. The third-order valence-electron chi connectivity index (χ3n) is 12.2. The molecule has 6 nitrogen and oxygen atoms in total. The summed E-state index contributed by atoms with van der Waals surface area (Å²) in [5.74, 6) is -1.00. The number of hydrogen-bond donors (Lipinski definition) is 0. The van der Waals surface area contributed by atoms with Gasteiger partial charge >= 0.3 is 17.9 Å². The molecule has 0 aromatic heterocycles. The zero-order valence-electron chi connectivity index (χ0n) is 48.7.